The van der Waals surface area contributed by atoms with Crippen molar-refractivity contribution in [3.63, 3.8) is 0 Å². The Kier molecular flexibility index (Phi) is 9.04. The first kappa shape index (κ1) is 28.7. The van der Waals surface area contributed by atoms with Gasteiger partial charge in [0.1, 0.15) is 0 Å². The Bertz CT molecular complexity index is 1680. The summed E-state index contributed by atoms with van der Waals surface area (Å²) in [6.45, 7) is 2.85. The summed E-state index contributed by atoms with van der Waals surface area (Å²) < 4.78 is 7.68. The minimum Gasteiger partial charge on any atom is -0.465 e. The van der Waals surface area contributed by atoms with Crippen LogP contribution in [0.1, 0.15) is 46.9 Å². The van der Waals surface area contributed by atoms with Crippen molar-refractivity contribution in [3.8, 4) is 28.5 Å². The molecule has 0 aliphatic carbocycles. The minimum atomic E-state index is -0.359. The Balaban J connectivity index is 1.34. The van der Waals surface area contributed by atoms with Gasteiger partial charge in [0, 0.05) is 17.5 Å². The summed E-state index contributed by atoms with van der Waals surface area (Å²) in [4.78, 5) is 34.3. The average molecular weight is 572 g/mol. The molecule has 0 aliphatic rings. The van der Waals surface area contributed by atoms with Gasteiger partial charge < -0.3 is 4.74 Å². The maximum absolute atomic E-state index is 12.5. The molecule has 42 heavy (non-hydrogen) atoms. The molecule has 3 aromatic carbocycles. The number of para-hydroxylation sites is 1. The van der Waals surface area contributed by atoms with Gasteiger partial charge in [0.05, 0.1) is 36.2 Å². The summed E-state index contributed by atoms with van der Waals surface area (Å²) in [6, 6.07) is 21.5. The third-order valence-corrected chi connectivity index (χ3v) is 6.57. The summed E-state index contributed by atoms with van der Waals surface area (Å²) in [5.41, 5.74) is 5.47. The number of nitrogens with zero attached hydrogens (tertiary/aromatic N) is 7. The molecule has 0 saturated heterocycles. The monoisotopic (exact) mass is 571 g/mol. The molecule has 5 aromatic rings. The van der Waals surface area contributed by atoms with Crippen LogP contribution in [0.3, 0.4) is 0 Å². The molecule has 0 radical (unpaired) electrons. The summed E-state index contributed by atoms with van der Waals surface area (Å²) in [7, 11) is 0. The molecule has 13 nitrogen and oxygen atoms in total. The molecule has 0 fully saturated rings. The number of carbonyl (C=O) groups is 2. The fourth-order valence-corrected chi connectivity index (χ4v) is 4.63. The number of ether oxygens (including phenoxy) is 1. The van der Waals surface area contributed by atoms with Gasteiger partial charge >= 0.3 is 0 Å². The zero-order valence-corrected chi connectivity index (χ0v) is 22.8. The number of rotatable bonds is 13. The lowest BCUT2D eigenvalue weighted by atomic mass is 9.98. The molecule has 0 aliphatic heterocycles. The standard InChI is InChI=1S/C29H29N7O6/c1-2-41-29-30-25-11-7-8-22(19-37)27(25)34(29)18-20-13-15-21(16-14-20)23-9-3-4-10-24(23)28-31-33-35(32-28)26(38)12-5-6-17-42-36(39)40/h3-4,7-11,13-16,19,39-40H,2,5-6,12,17-18H2,1H3. The minimum absolute atomic E-state index is 0.0505. The number of benzene rings is 3. The van der Waals surface area contributed by atoms with E-state index in [0.717, 1.165) is 38.9 Å². The Morgan fingerprint density at radius 2 is 1.79 bits per heavy atom. The van der Waals surface area contributed by atoms with E-state index in [-0.39, 0.29) is 24.3 Å². The summed E-state index contributed by atoms with van der Waals surface area (Å²) in [5, 5.41) is 29.1. The van der Waals surface area contributed by atoms with Crippen molar-refractivity contribution in [3.05, 3.63) is 77.9 Å². The quantitative estimate of drug-likeness (QED) is 0.117. The Morgan fingerprint density at radius 1 is 1.00 bits per heavy atom. The first-order chi connectivity index (χ1) is 20.5. The number of hydrogen-bond acceptors (Lipinski definition) is 11. The van der Waals surface area contributed by atoms with Crippen LogP contribution in [0, 0.1) is 0 Å². The van der Waals surface area contributed by atoms with Crippen molar-refractivity contribution < 1.29 is 29.6 Å². The Labute approximate surface area is 240 Å². The second kappa shape index (κ2) is 13.2. The van der Waals surface area contributed by atoms with Crippen molar-refractivity contribution in [2.45, 2.75) is 32.7 Å². The Morgan fingerprint density at radius 3 is 2.52 bits per heavy atom. The third kappa shape index (κ3) is 6.39. The number of carbonyl (C=O) groups excluding carboxylic acids is 2. The van der Waals surface area contributed by atoms with E-state index in [4.69, 9.17) is 15.2 Å². The van der Waals surface area contributed by atoms with Gasteiger partial charge in [-0.25, -0.2) is 0 Å². The van der Waals surface area contributed by atoms with Gasteiger partial charge in [0.15, 0.2) is 6.29 Å². The van der Waals surface area contributed by atoms with Gasteiger partial charge in [-0.1, -0.05) is 59.4 Å². The lowest BCUT2D eigenvalue weighted by Gasteiger charge is -2.12. The molecule has 216 valence electrons. The number of fused-ring (bicyclic) bond motifs is 1. The maximum Gasteiger partial charge on any atom is 0.297 e. The van der Waals surface area contributed by atoms with Crippen LogP contribution >= 0.6 is 0 Å². The van der Waals surface area contributed by atoms with E-state index in [1.165, 1.54) is 0 Å². The Hall–Kier alpha value is -4.82. The van der Waals surface area contributed by atoms with Crippen LogP contribution in [0.2, 0.25) is 0 Å². The summed E-state index contributed by atoms with van der Waals surface area (Å²) in [5.74, 6) is -0.0215. The summed E-state index contributed by atoms with van der Waals surface area (Å²) >= 11 is 0. The highest BCUT2D eigenvalue weighted by Gasteiger charge is 2.17. The van der Waals surface area contributed by atoms with Gasteiger partial charge in [-0.2, -0.15) is 4.98 Å². The van der Waals surface area contributed by atoms with Gasteiger partial charge in [-0.05, 0) is 53.8 Å². The molecular formula is C29H29N7O6. The maximum atomic E-state index is 12.5. The van der Waals surface area contributed by atoms with E-state index in [0.29, 0.717) is 48.9 Å². The zero-order valence-electron chi connectivity index (χ0n) is 22.8. The number of tetrazole rings is 1. The number of aldehydes is 1. The second-order valence-corrected chi connectivity index (χ2v) is 9.33. The molecule has 0 saturated carbocycles. The SMILES string of the molecule is CCOc1nc2cccc(C=O)c2n1Cc1ccc(-c2ccccc2-c2nnn(C(=O)CCCCON(O)O)n2)cc1. The summed E-state index contributed by atoms with van der Waals surface area (Å²) in [6.07, 6.45) is 1.85. The molecule has 2 N–H and O–H groups in total. The number of hydrogen-bond donors (Lipinski definition) is 2. The fourth-order valence-electron chi connectivity index (χ4n) is 4.63. The molecule has 5 rings (SSSR count). The molecule has 0 bridgehead atoms. The number of imidazole rings is 1. The van der Waals surface area contributed by atoms with Crippen molar-refractivity contribution in [2.24, 2.45) is 0 Å². The molecule has 2 aromatic heterocycles. The van der Waals surface area contributed by atoms with E-state index in [9.17, 15) is 9.59 Å². The highest BCUT2D eigenvalue weighted by atomic mass is 17.1. The van der Waals surface area contributed by atoms with E-state index in [1.54, 1.807) is 12.1 Å². The zero-order chi connectivity index (χ0) is 29.5. The first-order valence-corrected chi connectivity index (χ1v) is 13.4. The van der Waals surface area contributed by atoms with E-state index in [2.05, 4.69) is 25.2 Å². The predicted octanol–water partition coefficient (Wildman–Crippen LogP) is 4.44. The van der Waals surface area contributed by atoms with E-state index >= 15 is 0 Å². The molecule has 0 spiro atoms. The lowest BCUT2D eigenvalue weighted by Crippen LogP contribution is -2.16. The molecule has 13 heteroatoms. The predicted molar refractivity (Wildman–Crippen MR) is 150 cm³/mol. The molecule has 0 amide bonds. The second-order valence-electron chi connectivity index (χ2n) is 9.33. The van der Waals surface area contributed by atoms with Crippen molar-refractivity contribution in [1.29, 1.82) is 0 Å². The van der Waals surface area contributed by atoms with Gasteiger partial charge in [-0.15, -0.1) is 10.2 Å². The molecule has 0 atom stereocenters. The number of aromatic nitrogens is 6. The van der Waals surface area contributed by atoms with Crippen molar-refractivity contribution >= 4 is 23.2 Å². The fraction of sp³-hybridized carbons (Fsp3) is 0.241. The van der Waals surface area contributed by atoms with Crippen LogP contribution in [0.25, 0.3) is 33.5 Å². The van der Waals surface area contributed by atoms with Crippen molar-refractivity contribution in [2.75, 3.05) is 13.2 Å². The smallest absolute Gasteiger partial charge is 0.297 e. The van der Waals surface area contributed by atoms with Gasteiger partial charge in [-0.3, -0.25) is 29.4 Å². The van der Waals surface area contributed by atoms with Crippen molar-refractivity contribution in [1.82, 2.24) is 35.1 Å². The van der Waals surface area contributed by atoms with Crippen LogP contribution in [0.4, 0.5) is 0 Å². The lowest BCUT2D eigenvalue weighted by molar-refractivity contribution is -0.492. The highest BCUT2D eigenvalue weighted by molar-refractivity contribution is 5.95. The normalized spacial score (nSPS) is 11.3. The third-order valence-electron chi connectivity index (χ3n) is 6.57. The first-order valence-electron chi connectivity index (χ1n) is 13.4. The van der Waals surface area contributed by atoms with Crippen LogP contribution < -0.4 is 4.74 Å². The highest BCUT2D eigenvalue weighted by Crippen LogP contribution is 2.31. The van der Waals surface area contributed by atoms with Crippen LogP contribution in [-0.4, -0.2) is 71.0 Å². The van der Waals surface area contributed by atoms with Crippen LogP contribution in [0.15, 0.2) is 66.7 Å². The number of unbranched alkanes of at least 4 members (excludes halogenated alkanes) is 1. The van der Waals surface area contributed by atoms with Crippen LogP contribution in [0.5, 0.6) is 6.01 Å². The van der Waals surface area contributed by atoms with Gasteiger partial charge in [0.2, 0.25) is 5.82 Å². The largest absolute Gasteiger partial charge is 0.465 e. The average Bonchev–Trinajstić information content (AvgIpc) is 3.63. The van der Waals surface area contributed by atoms with E-state index < -0.39 is 0 Å². The molecule has 2 heterocycles. The topological polar surface area (TPSA) is 158 Å². The molecule has 0 unspecified atom stereocenters. The van der Waals surface area contributed by atoms with Gasteiger partial charge in [0.25, 0.3) is 11.9 Å². The molecular weight excluding hydrogens is 542 g/mol. The van der Waals surface area contributed by atoms with Crippen LogP contribution in [-0.2, 0) is 11.4 Å². The van der Waals surface area contributed by atoms with E-state index in [1.807, 2.05) is 66.1 Å².